The summed E-state index contributed by atoms with van der Waals surface area (Å²) < 4.78 is 0.251. The number of nitrogens with two attached hydrogens (primary N) is 1. The summed E-state index contributed by atoms with van der Waals surface area (Å²) >= 11 is 4.95. The molecule has 2 rings (SSSR count). The van der Waals surface area contributed by atoms with Crippen LogP contribution in [0.15, 0.2) is 24.3 Å². The summed E-state index contributed by atoms with van der Waals surface area (Å²) in [6, 6.07) is 8.19. The lowest BCUT2D eigenvalue weighted by Crippen LogP contribution is -2.10. The monoisotopic (exact) mass is 260 g/mol. The number of hydrogen-bond acceptors (Lipinski definition) is 4. The Morgan fingerprint density at radius 2 is 1.72 bits per heavy atom. The molecule has 2 aromatic rings. The van der Waals surface area contributed by atoms with Crippen LogP contribution in [0.2, 0.25) is 0 Å². The normalized spacial score (nSPS) is 11.5. The molecule has 0 saturated carbocycles. The molecule has 0 aliphatic heterocycles. The number of nitrogens with zero attached hydrogens (tertiary/aromatic N) is 2. The van der Waals surface area contributed by atoms with Crippen molar-refractivity contribution in [1.82, 2.24) is 15.0 Å². The predicted molar refractivity (Wildman–Crippen MR) is 75.8 cm³/mol. The lowest BCUT2D eigenvalue weighted by Gasteiger charge is -2.19. The first-order valence-electron chi connectivity index (χ1n) is 5.71. The van der Waals surface area contributed by atoms with Crippen LogP contribution in [0.3, 0.4) is 0 Å². The number of rotatable bonds is 1. The summed E-state index contributed by atoms with van der Waals surface area (Å²) in [5.74, 6) is 0.929. The van der Waals surface area contributed by atoms with Crippen LogP contribution in [0.25, 0.3) is 11.4 Å². The Labute approximate surface area is 111 Å². The lowest BCUT2D eigenvalue weighted by atomic mass is 9.87. The van der Waals surface area contributed by atoms with Gasteiger partial charge in [-0.2, -0.15) is 4.98 Å². The smallest absolute Gasteiger partial charge is 0.224 e. The first-order valence-corrected chi connectivity index (χ1v) is 6.12. The van der Waals surface area contributed by atoms with Crippen molar-refractivity contribution in [1.29, 1.82) is 0 Å². The van der Waals surface area contributed by atoms with E-state index in [9.17, 15) is 0 Å². The van der Waals surface area contributed by atoms with Crippen molar-refractivity contribution in [3.05, 3.63) is 34.6 Å². The predicted octanol–water partition coefficient (Wildman–Crippen LogP) is 3.08. The fourth-order valence-electron chi connectivity index (χ4n) is 1.67. The van der Waals surface area contributed by atoms with E-state index in [1.807, 2.05) is 12.1 Å². The fraction of sp³-hybridized carbons (Fsp3) is 0.308. The Morgan fingerprint density at radius 1 is 1.11 bits per heavy atom. The molecule has 0 saturated heterocycles. The van der Waals surface area contributed by atoms with Gasteiger partial charge in [0, 0.05) is 5.56 Å². The Balaban J connectivity index is 2.43. The van der Waals surface area contributed by atoms with Crippen LogP contribution in [0.5, 0.6) is 0 Å². The fourth-order valence-corrected chi connectivity index (χ4v) is 1.86. The van der Waals surface area contributed by atoms with E-state index >= 15 is 0 Å². The minimum Gasteiger partial charge on any atom is -0.369 e. The molecule has 94 valence electrons. The highest BCUT2D eigenvalue weighted by molar-refractivity contribution is 7.71. The second-order valence-electron chi connectivity index (χ2n) is 5.19. The van der Waals surface area contributed by atoms with E-state index < -0.39 is 0 Å². The van der Waals surface area contributed by atoms with E-state index in [-0.39, 0.29) is 16.1 Å². The van der Waals surface area contributed by atoms with Crippen LogP contribution in [0.1, 0.15) is 26.3 Å². The van der Waals surface area contributed by atoms with E-state index in [2.05, 4.69) is 47.9 Å². The van der Waals surface area contributed by atoms with Gasteiger partial charge in [-0.25, -0.2) is 4.98 Å². The Hall–Kier alpha value is -1.75. The van der Waals surface area contributed by atoms with Crippen molar-refractivity contribution in [2.75, 3.05) is 5.73 Å². The third-order valence-corrected chi connectivity index (χ3v) is 2.88. The van der Waals surface area contributed by atoms with Crippen LogP contribution in [0, 0.1) is 4.77 Å². The van der Waals surface area contributed by atoms with Gasteiger partial charge in [-0.1, -0.05) is 45.0 Å². The van der Waals surface area contributed by atoms with Gasteiger partial charge in [0.15, 0.2) is 0 Å². The van der Waals surface area contributed by atoms with Crippen LogP contribution in [-0.4, -0.2) is 15.0 Å². The number of H-pyrrole nitrogens is 1. The molecule has 0 bridgehead atoms. The average Bonchev–Trinajstić information content (AvgIpc) is 2.27. The highest BCUT2D eigenvalue weighted by Gasteiger charge is 2.13. The molecular weight excluding hydrogens is 244 g/mol. The zero-order chi connectivity index (χ0) is 13.3. The van der Waals surface area contributed by atoms with E-state index in [4.69, 9.17) is 18.0 Å². The molecule has 0 radical (unpaired) electrons. The molecule has 0 spiro atoms. The molecule has 0 aliphatic rings. The van der Waals surface area contributed by atoms with Crippen molar-refractivity contribution in [2.24, 2.45) is 0 Å². The molecular formula is C13H16N4S. The van der Waals surface area contributed by atoms with Crippen molar-refractivity contribution in [3.8, 4) is 11.4 Å². The van der Waals surface area contributed by atoms with Crippen molar-refractivity contribution < 1.29 is 0 Å². The Morgan fingerprint density at radius 3 is 2.22 bits per heavy atom. The highest BCUT2D eigenvalue weighted by atomic mass is 32.1. The van der Waals surface area contributed by atoms with E-state index in [0.717, 1.165) is 5.56 Å². The zero-order valence-electron chi connectivity index (χ0n) is 10.7. The van der Waals surface area contributed by atoms with Crippen LogP contribution in [0.4, 0.5) is 5.95 Å². The topological polar surface area (TPSA) is 67.6 Å². The summed E-state index contributed by atoms with van der Waals surface area (Å²) in [7, 11) is 0. The van der Waals surface area contributed by atoms with Crippen LogP contribution < -0.4 is 5.73 Å². The molecule has 1 aromatic carbocycles. The van der Waals surface area contributed by atoms with Gasteiger partial charge in [-0.15, -0.1) is 0 Å². The van der Waals surface area contributed by atoms with Gasteiger partial charge in [0.1, 0.15) is 5.82 Å². The molecule has 1 heterocycles. The van der Waals surface area contributed by atoms with Gasteiger partial charge in [0.2, 0.25) is 10.7 Å². The first kappa shape index (κ1) is 12.7. The summed E-state index contributed by atoms with van der Waals surface area (Å²) in [4.78, 5) is 10.9. The molecule has 18 heavy (non-hydrogen) atoms. The van der Waals surface area contributed by atoms with E-state index in [0.29, 0.717) is 5.82 Å². The van der Waals surface area contributed by atoms with Gasteiger partial charge in [0.05, 0.1) is 0 Å². The average molecular weight is 260 g/mol. The molecule has 0 amide bonds. The Kier molecular flexibility index (Phi) is 3.17. The number of anilines is 1. The molecule has 0 unspecified atom stereocenters. The molecule has 5 heteroatoms. The molecule has 3 N–H and O–H groups in total. The zero-order valence-corrected chi connectivity index (χ0v) is 11.5. The number of nitrogen functional groups attached to an aromatic ring is 1. The summed E-state index contributed by atoms with van der Waals surface area (Å²) in [6.07, 6.45) is 0. The van der Waals surface area contributed by atoms with Gasteiger partial charge < -0.3 is 10.7 Å². The molecule has 4 nitrogen and oxygen atoms in total. The van der Waals surface area contributed by atoms with Gasteiger partial charge in [-0.3, -0.25) is 0 Å². The van der Waals surface area contributed by atoms with Crippen LogP contribution >= 0.6 is 12.2 Å². The third kappa shape index (κ3) is 2.73. The minimum atomic E-state index is 0.135. The van der Waals surface area contributed by atoms with Gasteiger partial charge >= 0.3 is 0 Å². The highest BCUT2D eigenvalue weighted by Crippen LogP contribution is 2.24. The van der Waals surface area contributed by atoms with Gasteiger partial charge in [-0.05, 0) is 23.2 Å². The number of nitrogens with one attached hydrogen (secondary N) is 1. The number of hydrogen-bond donors (Lipinski definition) is 2. The maximum Gasteiger partial charge on any atom is 0.224 e. The van der Waals surface area contributed by atoms with Crippen molar-refractivity contribution in [2.45, 2.75) is 26.2 Å². The largest absolute Gasteiger partial charge is 0.369 e. The minimum absolute atomic E-state index is 0.135. The quantitative estimate of drug-likeness (QED) is 0.773. The molecule has 0 atom stereocenters. The second kappa shape index (κ2) is 4.49. The van der Waals surface area contributed by atoms with Gasteiger partial charge in [0.25, 0.3) is 0 Å². The van der Waals surface area contributed by atoms with Crippen LogP contribution in [-0.2, 0) is 5.41 Å². The van der Waals surface area contributed by atoms with E-state index in [1.165, 1.54) is 5.56 Å². The number of benzene rings is 1. The molecule has 0 fully saturated rings. The number of aromatic amines is 1. The second-order valence-corrected chi connectivity index (χ2v) is 5.56. The molecule has 1 aromatic heterocycles. The maximum atomic E-state index is 5.62. The lowest BCUT2D eigenvalue weighted by molar-refractivity contribution is 0.590. The van der Waals surface area contributed by atoms with E-state index in [1.54, 1.807) is 0 Å². The van der Waals surface area contributed by atoms with Crippen molar-refractivity contribution in [3.63, 3.8) is 0 Å². The SMILES string of the molecule is CC(C)(C)c1ccc(-c2nc(=S)nc(N)[nH]2)cc1. The third-order valence-electron chi connectivity index (χ3n) is 2.69. The summed E-state index contributed by atoms with van der Waals surface area (Å²) in [5, 5.41) is 0. The Bertz CT molecular complexity index is 608. The maximum absolute atomic E-state index is 5.62. The van der Waals surface area contributed by atoms with Crippen molar-refractivity contribution >= 4 is 18.2 Å². The number of aromatic nitrogens is 3. The summed E-state index contributed by atoms with van der Waals surface area (Å²) in [6.45, 7) is 6.54. The molecule has 0 aliphatic carbocycles. The summed E-state index contributed by atoms with van der Waals surface area (Å²) in [5.41, 5.74) is 7.98. The standard InChI is InChI=1S/C13H16N4S/c1-13(2,3)9-6-4-8(5-7-9)10-15-11(14)17-12(18)16-10/h4-7H,1-3H3,(H3,14,15,16,17,18). The first-order chi connectivity index (χ1) is 8.36.